The molecule has 0 aliphatic heterocycles. The van der Waals surface area contributed by atoms with Crippen molar-refractivity contribution in [2.24, 2.45) is 0 Å². The minimum atomic E-state index is 0.317. The van der Waals surface area contributed by atoms with Gasteiger partial charge in [-0.25, -0.2) is 4.98 Å². The molecule has 0 bridgehead atoms. The molecule has 158 valence electrons. The van der Waals surface area contributed by atoms with Crippen molar-refractivity contribution in [2.45, 2.75) is 23.4 Å². The van der Waals surface area contributed by atoms with Crippen LogP contribution in [-0.2, 0) is 18.1 Å². The van der Waals surface area contributed by atoms with Crippen LogP contribution in [0.1, 0.15) is 16.1 Å². The van der Waals surface area contributed by atoms with Gasteiger partial charge in [-0.1, -0.05) is 78.5 Å². The molecule has 2 aromatic heterocycles. The SMILES string of the molecule is O=Cc1[nH]c2ccccc2c1-c1cnc(Sc2ccccc2)n1COCc1ccccc1. The smallest absolute Gasteiger partial charge is 0.175 e. The summed E-state index contributed by atoms with van der Waals surface area (Å²) in [6, 6.07) is 28.1. The Morgan fingerprint density at radius 1 is 0.938 bits per heavy atom. The Bertz CT molecular complexity index is 1340. The number of fused-ring (bicyclic) bond motifs is 1. The van der Waals surface area contributed by atoms with E-state index < -0.39 is 0 Å². The van der Waals surface area contributed by atoms with Gasteiger partial charge in [0.15, 0.2) is 11.4 Å². The van der Waals surface area contributed by atoms with E-state index >= 15 is 0 Å². The molecule has 0 spiro atoms. The number of hydrogen-bond acceptors (Lipinski definition) is 4. The first kappa shape index (κ1) is 20.3. The number of aromatic nitrogens is 3. The summed E-state index contributed by atoms with van der Waals surface area (Å²) in [5.74, 6) is 0. The van der Waals surface area contributed by atoms with E-state index in [1.165, 1.54) is 0 Å². The molecular formula is C26H21N3O2S. The molecular weight excluding hydrogens is 418 g/mol. The lowest BCUT2D eigenvalue weighted by Crippen LogP contribution is -2.06. The van der Waals surface area contributed by atoms with Crippen LogP contribution in [0.5, 0.6) is 0 Å². The molecule has 0 aliphatic carbocycles. The number of aromatic amines is 1. The van der Waals surface area contributed by atoms with Crippen LogP contribution in [0.4, 0.5) is 0 Å². The fourth-order valence-corrected chi connectivity index (χ4v) is 4.59. The van der Waals surface area contributed by atoms with Gasteiger partial charge in [0.1, 0.15) is 6.73 Å². The number of benzene rings is 3. The molecule has 0 amide bonds. The highest BCUT2D eigenvalue weighted by molar-refractivity contribution is 7.99. The zero-order valence-electron chi connectivity index (χ0n) is 17.3. The highest BCUT2D eigenvalue weighted by Gasteiger charge is 2.20. The van der Waals surface area contributed by atoms with Crippen molar-refractivity contribution in [3.05, 3.63) is 102 Å². The summed E-state index contributed by atoms with van der Waals surface area (Å²) in [7, 11) is 0. The summed E-state index contributed by atoms with van der Waals surface area (Å²) >= 11 is 1.57. The molecule has 3 aromatic carbocycles. The number of hydrogen-bond donors (Lipinski definition) is 1. The average Bonchev–Trinajstić information content (AvgIpc) is 3.41. The second-order valence-corrected chi connectivity index (χ2v) is 8.35. The van der Waals surface area contributed by atoms with Crippen molar-refractivity contribution >= 4 is 29.0 Å². The van der Waals surface area contributed by atoms with Crippen LogP contribution in [-0.4, -0.2) is 20.8 Å². The minimum Gasteiger partial charge on any atom is -0.356 e. The lowest BCUT2D eigenvalue weighted by Gasteiger charge is -2.13. The topological polar surface area (TPSA) is 59.9 Å². The monoisotopic (exact) mass is 439 g/mol. The number of nitrogens with one attached hydrogen (secondary N) is 1. The van der Waals surface area contributed by atoms with Crippen molar-refractivity contribution in [3.8, 4) is 11.3 Å². The third-order valence-corrected chi connectivity index (χ3v) is 6.23. The Labute approximate surface area is 190 Å². The number of carbonyl (C=O) groups is 1. The summed E-state index contributed by atoms with van der Waals surface area (Å²) in [6.07, 6.45) is 2.68. The summed E-state index contributed by atoms with van der Waals surface area (Å²) in [4.78, 5) is 20.9. The first-order valence-electron chi connectivity index (χ1n) is 10.3. The van der Waals surface area contributed by atoms with Crippen LogP contribution in [0, 0.1) is 0 Å². The molecule has 5 aromatic rings. The van der Waals surface area contributed by atoms with Gasteiger partial charge < -0.3 is 9.72 Å². The van der Waals surface area contributed by atoms with Crippen molar-refractivity contribution in [2.75, 3.05) is 0 Å². The Hall–Kier alpha value is -3.61. The van der Waals surface area contributed by atoms with Crippen LogP contribution in [0.2, 0.25) is 0 Å². The van der Waals surface area contributed by atoms with E-state index in [1.54, 1.807) is 11.8 Å². The van der Waals surface area contributed by atoms with Gasteiger partial charge in [-0.2, -0.15) is 0 Å². The number of ether oxygens (including phenoxy) is 1. The van der Waals surface area contributed by atoms with Gasteiger partial charge in [-0.3, -0.25) is 9.36 Å². The maximum atomic E-state index is 11.9. The van der Waals surface area contributed by atoms with E-state index in [2.05, 4.69) is 17.1 Å². The molecule has 5 rings (SSSR count). The molecule has 0 saturated carbocycles. The number of imidazole rings is 1. The molecule has 0 radical (unpaired) electrons. The van der Waals surface area contributed by atoms with Gasteiger partial charge >= 0.3 is 0 Å². The predicted molar refractivity (Wildman–Crippen MR) is 127 cm³/mol. The molecule has 5 nitrogen and oxygen atoms in total. The van der Waals surface area contributed by atoms with E-state index in [4.69, 9.17) is 9.72 Å². The summed E-state index contributed by atoms with van der Waals surface area (Å²) < 4.78 is 8.11. The molecule has 0 aliphatic rings. The second-order valence-electron chi connectivity index (χ2n) is 7.31. The van der Waals surface area contributed by atoms with Gasteiger partial charge in [-0.15, -0.1) is 0 Å². The summed E-state index contributed by atoms with van der Waals surface area (Å²) in [5, 5.41) is 1.79. The lowest BCUT2D eigenvalue weighted by molar-refractivity contribution is 0.0597. The number of aldehydes is 1. The highest BCUT2D eigenvalue weighted by Crippen LogP contribution is 2.36. The van der Waals surface area contributed by atoms with E-state index in [0.717, 1.165) is 44.1 Å². The maximum Gasteiger partial charge on any atom is 0.175 e. The Kier molecular flexibility index (Phi) is 5.87. The molecule has 0 saturated heterocycles. The van der Waals surface area contributed by atoms with Gasteiger partial charge in [0, 0.05) is 21.4 Å². The highest BCUT2D eigenvalue weighted by atomic mass is 32.2. The van der Waals surface area contributed by atoms with Gasteiger partial charge in [0.25, 0.3) is 0 Å². The number of para-hydroxylation sites is 1. The lowest BCUT2D eigenvalue weighted by atomic mass is 10.1. The predicted octanol–water partition coefficient (Wildman–Crippen LogP) is 6.17. The quantitative estimate of drug-likeness (QED) is 0.294. The summed E-state index contributed by atoms with van der Waals surface area (Å²) in [6.45, 7) is 0.805. The maximum absolute atomic E-state index is 11.9. The van der Waals surface area contributed by atoms with Gasteiger partial charge in [0.2, 0.25) is 0 Å². The van der Waals surface area contributed by atoms with Crippen molar-refractivity contribution in [1.29, 1.82) is 0 Å². The Morgan fingerprint density at radius 3 is 2.44 bits per heavy atom. The fraction of sp³-hybridized carbons (Fsp3) is 0.0769. The van der Waals surface area contributed by atoms with Crippen LogP contribution >= 0.6 is 11.8 Å². The third kappa shape index (κ3) is 4.10. The van der Waals surface area contributed by atoms with Crippen LogP contribution in [0.3, 0.4) is 0 Å². The zero-order valence-corrected chi connectivity index (χ0v) is 18.1. The van der Waals surface area contributed by atoms with Gasteiger partial charge in [0.05, 0.1) is 24.2 Å². The van der Waals surface area contributed by atoms with E-state index in [-0.39, 0.29) is 0 Å². The average molecular weight is 440 g/mol. The normalized spacial score (nSPS) is 11.1. The van der Waals surface area contributed by atoms with Crippen LogP contribution in [0.15, 0.2) is 101 Å². The van der Waals surface area contributed by atoms with Crippen LogP contribution < -0.4 is 0 Å². The van der Waals surface area contributed by atoms with Gasteiger partial charge in [-0.05, 0) is 23.8 Å². The van der Waals surface area contributed by atoms with E-state index in [0.29, 0.717) is 19.0 Å². The first-order chi connectivity index (χ1) is 15.8. The number of carbonyl (C=O) groups excluding carboxylic acids is 1. The van der Waals surface area contributed by atoms with Crippen molar-refractivity contribution in [3.63, 3.8) is 0 Å². The van der Waals surface area contributed by atoms with Crippen molar-refractivity contribution in [1.82, 2.24) is 14.5 Å². The molecule has 6 heteroatoms. The number of nitrogens with zero attached hydrogens (tertiary/aromatic N) is 2. The molecule has 0 unspecified atom stereocenters. The molecule has 0 atom stereocenters. The zero-order chi connectivity index (χ0) is 21.8. The fourth-order valence-electron chi connectivity index (χ4n) is 3.71. The third-order valence-electron chi connectivity index (χ3n) is 5.21. The second kappa shape index (κ2) is 9.26. The molecule has 0 fully saturated rings. The Morgan fingerprint density at radius 2 is 1.66 bits per heavy atom. The Balaban J connectivity index is 1.54. The van der Waals surface area contributed by atoms with E-state index in [1.807, 2.05) is 83.6 Å². The minimum absolute atomic E-state index is 0.317. The number of H-pyrrole nitrogens is 1. The molecule has 32 heavy (non-hydrogen) atoms. The standard InChI is InChI=1S/C26H21N3O2S/c30-16-23-25(21-13-7-8-14-22(21)28-23)24-15-27-26(32-20-11-5-2-6-12-20)29(24)18-31-17-19-9-3-1-4-10-19/h1-16,28H,17-18H2. The first-order valence-corrected chi connectivity index (χ1v) is 11.1. The number of rotatable bonds is 8. The largest absolute Gasteiger partial charge is 0.356 e. The molecule has 2 heterocycles. The summed E-state index contributed by atoms with van der Waals surface area (Å²) in [5.41, 5.74) is 4.24. The van der Waals surface area contributed by atoms with Crippen molar-refractivity contribution < 1.29 is 9.53 Å². The van der Waals surface area contributed by atoms with E-state index in [9.17, 15) is 4.79 Å². The van der Waals surface area contributed by atoms with Crippen LogP contribution in [0.25, 0.3) is 22.2 Å². The molecule has 1 N–H and O–H groups in total.